The summed E-state index contributed by atoms with van der Waals surface area (Å²) in [4.78, 5) is 30.5. The molecule has 0 saturated carbocycles. The van der Waals surface area contributed by atoms with Gasteiger partial charge in [0.2, 0.25) is 0 Å². The lowest BCUT2D eigenvalue weighted by atomic mass is 10.1. The van der Waals surface area contributed by atoms with E-state index < -0.39 is 5.63 Å². The molecule has 3 heterocycles. The quantitative estimate of drug-likeness (QED) is 0.668. The molecular formula is C22H23N3O4. The molecule has 1 aromatic carbocycles. The monoisotopic (exact) mass is 393 g/mol. The van der Waals surface area contributed by atoms with E-state index in [4.69, 9.17) is 9.15 Å². The standard InChI is InChI=1S/C22H23N3O4/c1-15-10-21(26)29-20-11-17(6-7-19(15)20)24-22(27)25(14-18-5-3-9-28-18)13-16-4-2-8-23-12-16/h2,4,6-8,10-12,18H,3,5,9,13-14H2,1H3,(H,24,27). The number of aromatic nitrogens is 1. The third kappa shape index (κ3) is 4.63. The highest BCUT2D eigenvalue weighted by molar-refractivity contribution is 5.92. The molecule has 0 aliphatic carbocycles. The number of benzene rings is 1. The molecule has 1 N–H and O–H groups in total. The number of hydrogen-bond acceptors (Lipinski definition) is 5. The summed E-state index contributed by atoms with van der Waals surface area (Å²) < 4.78 is 11.0. The van der Waals surface area contributed by atoms with Gasteiger partial charge in [-0.15, -0.1) is 0 Å². The van der Waals surface area contributed by atoms with E-state index in [-0.39, 0.29) is 12.1 Å². The van der Waals surface area contributed by atoms with Crippen molar-refractivity contribution in [1.29, 1.82) is 0 Å². The maximum Gasteiger partial charge on any atom is 0.336 e. The van der Waals surface area contributed by atoms with Gasteiger partial charge in [-0.1, -0.05) is 6.07 Å². The Labute approximate surface area is 168 Å². The minimum atomic E-state index is -0.407. The molecule has 1 aliphatic rings. The largest absolute Gasteiger partial charge is 0.423 e. The van der Waals surface area contributed by atoms with Crippen LogP contribution < -0.4 is 10.9 Å². The lowest BCUT2D eigenvalue weighted by Crippen LogP contribution is -2.39. The summed E-state index contributed by atoms with van der Waals surface area (Å²) in [5.41, 5.74) is 2.40. The summed E-state index contributed by atoms with van der Waals surface area (Å²) in [5.74, 6) is 0. The number of anilines is 1. The summed E-state index contributed by atoms with van der Waals surface area (Å²) >= 11 is 0. The molecule has 4 rings (SSSR count). The van der Waals surface area contributed by atoms with E-state index in [0.717, 1.165) is 36.0 Å². The summed E-state index contributed by atoms with van der Waals surface area (Å²) in [6.45, 7) is 3.52. The topological polar surface area (TPSA) is 84.7 Å². The fraction of sp³-hybridized carbons (Fsp3) is 0.318. The highest BCUT2D eigenvalue weighted by atomic mass is 16.5. The van der Waals surface area contributed by atoms with Gasteiger partial charge in [0.25, 0.3) is 0 Å². The molecular weight excluding hydrogens is 370 g/mol. The zero-order valence-electron chi connectivity index (χ0n) is 16.3. The Morgan fingerprint density at radius 3 is 2.97 bits per heavy atom. The highest BCUT2D eigenvalue weighted by Gasteiger charge is 2.23. The van der Waals surface area contributed by atoms with E-state index in [1.54, 1.807) is 23.4 Å². The van der Waals surface area contributed by atoms with Crippen molar-refractivity contribution in [2.75, 3.05) is 18.5 Å². The summed E-state index contributed by atoms with van der Waals surface area (Å²) in [6, 6.07) is 10.3. The minimum absolute atomic E-state index is 0.0368. The number of urea groups is 1. The molecule has 1 atom stereocenters. The van der Waals surface area contributed by atoms with Crippen LogP contribution in [0.4, 0.5) is 10.5 Å². The first-order chi connectivity index (χ1) is 14.1. The van der Waals surface area contributed by atoms with E-state index in [1.165, 1.54) is 6.07 Å². The van der Waals surface area contributed by atoms with Crippen molar-refractivity contribution in [2.24, 2.45) is 0 Å². The first-order valence-electron chi connectivity index (χ1n) is 9.69. The Morgan fingerprint density at radius 2 is 2.21 bits per heavy atom. The van der Waals surface area contributed by atoms with Gasteiger partial charge in [-0.25, -0.2) is 9.59 Å². The number of aryl methyl sites for hydroxylation is 1. The van der Waals surface area contributed by atoms with Gasteiger partial charge in [0.1, 0.15) is 5.58 Å². The van der Waals surface area contributed by atoms with Crippen molar-refractivity contribution in [3.05, 3.63) is 70.3 Å². The number of rotatable bonds is 5. The van der Waals surface area contributed by atoms with Crippen LogP contribution in [0, 0.1) is 6.92 Å². The minimum Gasteiger partial charge on any atom is -0.423 e. The zero-order chi connectivity index (χ0) is 20.2. The summed E-state index contributed by atoms with van der Waals surface area (Å²) in [7, 11) is 0. The van der Waals surface area contributed by atoms with Crippen LogP contribution >= 0.6 is 0 Å². The second-order valence-electron chi connectivity index (χ2n) is 7.27. The van der Waals surface area contributed by atoms with Crippen molar-refractivity contribution < 1.29 is 13.9 Å². The fourth-order valence-corrected chi connectivity index (χ4v) is 3.57. The number of carbonyl (C=O) groups is 1. The van der Waals surface area contributed by atoms with Crippen molar-refractivity contribution in [2.45, 2.75) is 32.4 Å². The number of amides is 2. The predicted octanol–water partition coefficient (Wildman–Crippen LogP) is 3.71. The maximum atomic E-state index is 13.0. The predicted molar refractivity (Wildman–Crippen MR) is 110 cm³/mol. The molecule has 7 heteroatoms. The Kier molecular flexibility index (Phi) is 5.57. The highest BCUT2D eigenvalue weighted by Crippen LogP contribution is 2.22. The molecule has 1 aliphatic heterocycles. The molecule has 0 radical (unpaired) electrons. The number of nitrogens with zero attached hydrogens (tertiary/aromatic N) is 2. The molecule has 2 aromatic heterocycles. The van der Waals surface area contributed by atoms with E-state index >= 15 is 0 Å². The number of carbonyl (C=O) groups excluding carboxylic acids is 1. The van der Waals surface area contributed by atoms with Gasteiger partial charge in [-0.2, -0.15) is 0 Å². The number of hydrogen-bond donors (Lipinski definition) is 1. The van der Waals surface area contributed by atoms with E-state index in [9.17, 15) is 9.59 Å². The summed E-state index contributed by atoms with van der Waals surface area (Å²) in [6.07, 6.45) is 5.45. The SMILES string of the molecule is Cc1cc(=O)oc2cc(NC(=O)N(Cc3cccnc3)CC3CCCO3)ccc12. The van der Waals surface area contributed by atoms with Gasteiger partial charge in [0.05, 0.1) is 6.10 Å². The van der Waals surface area contributed by atoms with Crippen LogP contribution in [0.1, 0.15) is 24.0 Å². The Hall–Kier alpha value is -3.19. The second kappa shape index (κ2) is 8.45. The molecule has 0 spiro atoms. The van der Waals surface area contributed by atoms with Gasteiger partial charge < -0.3 is 19.4 Å². The average molecular weight is 393 g/mol. The van der Waals surface area contributed by atoms with E-state index in [1.807, 2.05) is 31.2 Å². The maximum absolute atomic E-state index is 13.0. The number of pyridine rings is 1. The lowest BCUT2D eigenvalue weighted by molar-refractivity contribution is 0.0819. The molecule has 0 bridgehead atoms. The number of nitrogens with one attached hydrogen (secondary N) is 1. The van der Waals surface area contributed by atoms with E-state index in [2.05, 4.69) is 10.3 Å². The third-order valence-corrected chi connectivity index (χ3v) is 5.03. The first kappa shape index (κ1) is 19.1. The lowest BCUT2D eigenvalue weighted by Gasteiger charge is -2.26. The normalized spacial score (nSPS) is 16.1. The molecule has 150 valence electrons. The van der Waals surface area contributed by atoms with Crippen LogP contribution in [0.5, 0.6) is 0 Å². The van der Waals surface area contributed by atoms with Crippen LogP contribution in [-0.4, -0.2) is 35.2 Å². The van der Waals surface area contributed by atoms with Crippen molar-refractivity contribution in [3.63, 3.8) is 0 Å². The number of fused-ring (bicyclic) bond motifs is 1. The van der Waals surface area contributed by atoms with Crippen molar-refractivity contribution in [1.82, 2.24) is 9.88 Å². The van der Waals surface area contributed by atoms with Gasteiger partial charge >= 0.3 is 11.7 Å². The van der Waals surface area contributed by atoms with Gasteiger partial charge in [0, 0.05) is 55.3 Å². The van der Waals surface area contributed by atoms with Crippen LogP contribution in [0.2, 0.25) is 0 Å². The van der Waals surface area contributed by atoms with Gasteiger partial charge in [-0.3, -0.25) is 4.98 Å². The Balaban J connectivity index is 1.54. The summed E-state index contributed by atoms with van der Waals surface area (Å²) in [5, 5.41) is 3.76. The van der Waals surface area contributed by atoms with Gasteiger partial charge in [0.15, 0.2) is 0 Å². The van der Waals surface area contributed by atoms with Crippen molar-refractivity contribution >= 4 is 22.7 Å². The van der Waals surface area contributed by atoms with E-state index in [0.29, 0.717) is 24.4 Å². The van der Waals surface area contributed by atoms with Crippen LogP contribution in [0.25, 0.3) is 11.0 Å². The first-order valence-corrected chi connectivity index (χ1v) is 9.69. The Bertz CT molecular complexity index is 1060. The molecule has 3 aromatic rings. The number of ether oxygens (including phenoxy) is 1. The second-order valence-corrected chi connectivity index (χ2v) is 7.27. The molecule has 1 saturated heterocycles. The van der Waals surface area contributed by atoms with Crippen LogP contribution in [-0.2, 0) is 11.3 Å². The molecule has 29 heavy (non-hydrogen) atoms. The molecule has 1 unspecified atom stereocenters. The molecule has 1 fully saturated rings. The third-order valence-electron chi connectivity index (χ3n) is 5.03. The van der Waals surface area contributed by atoms with Crippen LogP contribution in [0.3, 0.4) is 0 Å². The Morgan fingerprint density at radius 1 is 1.31 bits per heavy atom. The van der Waals surface area contributed by atoms with Crippen LogP contribution in [0.15, 0.2) is 58.0 Å². The fourth-order valence-electron chi connectivity index (χ4n) is 3.57. The molecule has 7 nitrogen and oxygen atoms in total. The van der Waals surface area contributed by atoms with Crippen molar-refractivity contribution in [3.8, 4) is 0 Å². The smallest absolute Gasteiger partial charge is 0.336 e. The molecule has 2 amide bonds. The zero-order valence-corrected chi connectivity index (χ0v) is 16.3. The average Bonchev–Trinajstić information content (AvgIpc) is 3.21. The van der Waals surface area contributed by atoms with Gasteiger partial charge in [-0.05, 0) is 49.1 Å².